The van der Waals surface area contributed by atoms with Crippen molar-refractivity contribution in [2.24, 2.45) is 5.73 Å². The van der Waals surface area contributed by atoms with E-state index in [1.165, 1.54) is 5.57 Å². The Morgan fingerprint density at radius 2 is 2.22 bits per heavy atom. The van der Waals surface area contributed by atoms with E-state index in [9.17, 15) is 0 Å². The standard InChI is InChI=1S/C6H10ClN.ClH/c1-4-5(7)2-3-6(4)8;/h6H,2-3,8H2,1H3;1H. The van der Waals surface area contributed by atoms with Crippen molar-refractivity contribution in [1.29, 1.82) is 0 Å². The maximum Gasteiger partial charge on any atom is 0.0268 e. The van der Waals surface area contributed by atoms with Crippen LogP contribution in [0, 0.1) is 0 Å². The first-order valence-electron chi connectivity index (χ1n) is 2.82. The van der Waals surface area contributed by atoms with Crippen LogP contribution in [0.3, 0.4) is 0 Å². The summed E-state index contributed by atoms with van der Waals surface area (Å²) in [6.07, 6.45) is 2.01. The summed E-state index contributed by atoms with van der Waals surface area (Å²) in [6, 6.07) is 0.238. The van der Waals surface area contributed by atoms with Crippen LogP contribution in [0.15, 0.2) is 10.6 Å². The number of hydrogen-bond acceptors (Lipinski definition) is 1. The molecule has 1 nitrogen and oxygen atoms in total. The predicted molar refractivity (Wildman–Crippen MR) is 43.0 cm³/mol. The van der Waals surface area contributed by atoms with Crippen LogP contribution in [0.5, 0.6) is 0 Å². The molecule has 0 radical (unpaired) electrons. The van der Waals surface area contributed by atoms with Gasteiger partial charge in [0, 0.05) is 11.1 Å². The molecule has 0 aliphatic heterocycles. The van der Waals surface area contributed by atoms with Crippen molar-refractivity contribution < 1.29 is 0 Å². The summed E-state index contributed by atoms with van der Waals surface area (Å²) >= 11 is 5.76. The van der Waals surface area contributed by atoms with Crippen molar-refractivity contribution >= 4 is 24.0 Å². The van der Waals surface area contributed by atoms with Gasteiger partial charge in [0.15, 0.2) is 0 Å². The van der Waals surface area contributed by atoms with Gasteiger partial charge in [-0.05, 0) is 25.3 Å². The number of halogens is 2. The summed E-state index contributed by atoms with van der Waals surface area (Å²) in [5.41, 5.74) is 6.80. The Labute approximate surface area is 66.7 Å². The van der Waals surface area contributed by atoms with Crippen LogP contribution in [0.25, 0.3) is 0 Å². The van der Waals surface area contributed by atoms with Crippen LogP contribution in [0.1, 0.15) is 19.8 Å². The van der Waals surface area contributed by atoms with Crippen molar-refractivity contribution in [2.75, 3.05) is 0 Å². The average Bonchev–Trinajstić information content (AvgIpc) is 1.98. The van der Waals surface area contributed by atoms with Crippen molar-refractivity contribution in [3.05, 3.63) is 10.6 Å². The van der Waals surface area contributed by atoms with Crippen molar-refractivity contribution in [2.45, 2.75) is 25.8 Å². The number of nitrogens with two attached hydrogens (primary N) is 1. The molecule has 1 unspecified atom stereocenters. The topological polar surface area (TPSA) is 26.0 Å². The Hall–Kier alpha value is 0.280. The van der Waals surface area contributed by atoms with Gasteiger partial charge in [0.2, 0.25) is 0 Å². The zero-order valence-electron chi connectivity index (χ0n) is 5.36. The zero-order valence-corrected chi connectivity index (χ0v) is 6.93. The largest absolute Gasteiger partial charge is 0.324 e. The van der Waals surface area contributed by atoms with Gasteiger partial charge in [-0.15, -0.1) is 12.4 Å². The molecule has 0 aromatic carbocycles. The van der Waals surface area contributed by atoms with Gasteiger partial charge < -0.3 is 5.73 Å². The average molecular weight is 168 g/mol. The smallest absolute Gasteiger partial charge is 0.0268 e. The van der Waals surface area contributed by atoms with Gasteiger partial charge in [0.05, 0.1) is 0 Å². The van der Waals surface area contributed by atoms with E-state index in [2.05, 4.69) is 0 Å². The second kappa shape index (κ2) is 3.45. The van der Waals surface area contributed by atoms with E-state index >= 15 is 0 Å². The Bertz CT molecular complexity index is 131. The summed E-state index contributed by atoms with van der Waals surface area (Å²) < 4.78 is 0. The summed E-state index contributed by atoms with van der Waals surface area (Å²) in [5, 5.41) is 0.970. The van der Waals surface area contributed by atoms with Crippen LogP contribution < -0.4 is 5.73 Å². The molecule has 0 amide bonds. The van der Waals surface area contributed by atoms with Gasteiger partial charge in [-0.25, -0.2) is 0 Å². The summed E-state index contributed by atoms with van der Waals surface area (Å²) in [6.45, 7) is 2.00. The lowest BCUT2D eigenvalue weighted by molar-refractivity contribution is 0.751. The van der Waals surface area contributed by atoms with Gasteiger partial charge >= 0.3 is 0 Å². The summed E-state index contributed by atoms with van der Waals surface area (Å²) in [7, 11) is 0. The monoisotopic (exact) mass is 167 g/mol. The Balaban J connectivity index is 0.000000640. The van der Waals surface area contributed by atoms with E-state index in [1.807, 2.05) is 6.92 Å². The van der Waals surface area contributed by atoms with Crippen LogP contribution in [-0.4, -0.2) is 6.04 Å². The summed E-state index contributed by atoms with van der Waals surface area (Å²) in [4.78, 5) is 0. The van der Waals surface area contributed by atoms with Crippen LogP contribution >= 0.6 is 24.0 Å². The highest BCUT2D eigenvalue weighted by atomic mass is 35.5. The molecule has 0 heterocycles. The number of rotatable bonds is 0. The third kappa shape index (κ3) is 1.85. The first kappa shape index (κ1) is 9.28. The van der Waals surface area contributed by atoms with Gasteiger partial charge in [-0.2, -0.15) is 0 Å². The molecule has 0 aromatic heterocycles. The maximum atomic E-state index is 5.76. The molecule has 3 heteroatoms. The van der Waals surface area contributed by atoms with E-state index in [0.717, 1.165) is 17.9 Å². The third-order valence-electron chi connectivity index (χ3n) is 1.66. The SMILES string of the molecule is CC1=C(Cl)CCC1N.Cl. The van der Waals surface area contributed by atoms with E-state index in [-0.39, 0.29) is 18.4 Å². The fourth-order valence-electron chi connectivity index (χ4n) is 0.897. The maximum absolute atomic E-state index is 5.76. The second-order valence-electron chi connectivity index (χ2n) is 2.23. The minimum absolute atomic E-state index is 0. The van der Waals surface area contributed by atoms with E-state index in [0.29, 0.717) is 0 Å². The van der Waals surface area contributed by atoms with E-state index < -0.39 is 0 Å². The highest BCUT2D eigenvalue weighted by molar-refractivity contribution is 6.30. The molecular weight excluding hydrogens is 157 g/mol. The van der Waals surface area contributed by atoms with Gasteiger partial charge in [0.1, 0.15) is 0 Å². The van der Waals surface area contributed by atoms with Crippen molar-refractivity contribution in [3.63, 3.8) is 0 Å². The highest BCUT2D eigenvalue weighted by Crippen LogP contribution is 2.26. The van der Waals surface area contributed by atoms with Gasteiger partial charge in [0.25, 0.3) is 0 Å². The molecule has 1 aliphatic rings. The molecule has 0 aromatic rings. The third-order valence-corrected chi connectivity index (χ3v) is 2.15. The molecule has 9 heavy (non-hydrogen) atoms. The molecular formula is C6H11Cl2N. The molecule has 0 spiro atoms. The van der Waals surface area contributed by atoms with Crippen LogP contribution in [0.4, 0.5) is 0 Å². The Morgan fingerprint density at radius 3 is 2.33 bits per heavy atom. The van der Waals surface area contributed by atoms with Crippen LogP contribution in [-0.2, 0) is 0 Å². The van der Waals surface area contributed by atoms with E-state index in [1.54, 1.807) is 0 Å². The number of allylic oxidation sites excluding steroid dienone is 1. The predicted octanol–water partition coefficient (Wildman–Crippen LogP) is 2.04. The normalized spacial score (nSPS) is 26.3. The minimum atomic E-state index is 0. The fourth-order valence-corrected chi connectivity index (χ4v) is 1.15. The van der Waals surface area contributed by atoms with Crippen LogP contribution in [0.2, 0.25) is 0 Å². The first-order chi connectivity index (χ1) is 3.72. The van der Waals surface area contributed by atoms with Gasteiger partial charge in [-0.3, -0.25) is 0 Å². The second-order valence-corrected chi connectivity index (χ2v) is 2.69. The molecule has 2 N–H and O–H groups in total. The lowest BCUT2D eigenvalue weighted by Crippen LogP contribution is -2.16. The molecule has 1 aliphatic carbocycles. The van der Waals surface area contributed by atoms with Crippen molar-refractivity contribution in [1.82, 2.24) is 0 Å². The van der Waals surface area contributed by atoms with Crippen molar-refractivity contribution in [3.8, 4) is 0 Å². The molecule has 0 saturated heterocycles. The quantitative estimate of drug-likeness (QED) is 0.588. The van der Waals surface area contributed by atoms with E-state index in [4.69, 9.17) is 17.3 Å². The molecule has 0 saturated carbocycles. The molecule has 54 valence electrons. The fraction of sp³-hybridized carbons (Fsp3) is 0.667. The molecule has 0 fully saturated rings. The lowest BCUT2D eigenvalue weighted by Gasteiger charge is -1.99. The Kier molecular flexibility index (Phi) is 3.56. The number of hydrogen-bond donors (Lipinski definition) is 1. The molecule has 0 bridgehead atoms. The van der Waals surface area contributed by atoms with Gasteiger partial charge in [-0.1, -0.05) is 11.6 Å². The Morgan fingerprint density at radius 1 is 1.67 bits per heavy atom. The summed E-state index contributed by atoms with van der Waals surface area (Å²) in [5.74, 6) is 0. The zero-order chi connectivity index (χ0) is 6.15. The lowest BCUT2D eigenvalue weighted by atomic mass is 10.2. The first-order valence-corrected chi connectivity index (χ1v) is 3.20. The highest BCUT2D eigenvalue weighted by Gasteiger charge is 2.15. The minimum Gasteiger partial charge on any atom is -0.324 e. The molecule has 1 rings (SSSR count). The molecule has 1 atom stereocenters.